The lowest BCUT2D eigenvalue weighted by atomic mass is 10.1. The average Bonchev–Trinajstić information content (AvgIpc) is 2.39. The molecule has 3 N–H and O–H groups in total. The van der Waals surface area contributed by atoms with Crippen molar-refractivity contribution >= 4 is 27.5 Å². The van der Waals surface area contributed by atoms with E-state index in [1.807, 2.05) is 0 Å². The number of imide groups is 1. The van der Waals surface area contributed by atoms with Gasteiger partial charge in [-0.3, -0.25) is 14.5 Å². The van der Waals surface area contributed by atoms with Crippen molar-refractivity contribution in [3.8, 4) is 0 Å². The maximum atomic E-state index is 12.4. The molecule has 2 rings (SSSR count). The Kier molecular flexibility index (Phi) is 4.02. The summed E-state index contributed by atoms with van der Waals surface area (Å²) in [5.74, 6) is -0.845. The minimum Gasteiger partial charge on any atom is -0.399 e. The number of hydrogen-bond acceptors (Lipinski definition) is 5. The van der Waals surface area contributed by atoms with Gasteiger partial charge in [0.2, 0.25) is 21.8 Å². The molecule has 0 spiro atoms. The summed E-state index contributed by atoms with van der Waals surface area (Å²) in [6.45, 7) is 1.63. The highest BCUT2D eigenvalue weighted by molar-refractivity contribution is 7.89. The zero-order chi connectivity index (χ0) is 15.8. The molecule has 0 radical (unpaired) electrons. The molecule has 21 heavy (non-hydrogen) atoms. The van der Waals surface area contributed by atoms with E-state index < -0.39 is 22.0 Å². The Morgan fingerprint density at radius 1 is 1.33 bits per heavy atom. The van der Waals surface area contributed by atoms with E-state index in [9.17, 15) is 18.0 Å². The molecule has 0 bridgehead atoms. The van der Waals surface area contributed by atoms with Crippen molar-refractivity contribution in [3.05, 3.63) is 23.8 Å². The predicted octanol–water partition coefficient (Wildman–Crippen LogP) is 0.00292. The van der Waals surface area contributed by atoms with Crippen molar-refractivity contribution < 1.29 is 18.0 Å². The number of aryl methyl sites for hydroxylation is 1. The van der Waals surface area contributed by atoms with Gasteiger partial charge in [-0.25, -0.2) is 8.42 Å². The first-order chi connectivity index (χ1) is 9.72. The van der Waals surface area contributed by atoms with Crippen molar-refractivity contribution in [2.75, 3.05) is 12.8 Å². The number of nitrogens with zero attached hydrogens (tertiary/aromatic N) is 1. The third-order valence-electron chi connectivity index (χ3n) is 3.44. The Labute approximate surface area is 123 Å². The summed E-state index contributed by atoms with van der Waals surface area (Å²) in [7, 11) is -2.50. The molecular weight excluding hydrogens is 294 g/mol. The van der Waals surface area contributed by atoms with Gasteiger partial charge in [-0.2, -0.15) is 4.72 Å². The second-order valence-corrected chi connectivity index (χ2v) is 6.71. The van der Waals surface area contributed by atoms with Crippen LogP contribution in [0, 0.1) is 6.92 Å². The highest BCUT2D eigenvalue weighted by Gasteiger charge is 2.35. The number of amides is 2. The zero-order valence-corrected chi connectivity index (χ0v) is 12.6. The number of carbonyl (C=O) groups excluding carboxylic acids is 2. The predicted molar refractivity (Wildman–Crippen MR) is 76.7 cm³/mol. The largest absolute Gasteiger partial charge is 0.399 e. The van der Waals surface area contributed by atoms with Gasteiger partial charge in [-0.05, 0) is 37.1 Å². The molecule has 1 aliphatic heterocycles. The molecule has 1 aromatic rings. The molecule has 0 aliphatic carbocycles. The number of nitrogens with one attached hydrogen (secondary N) is 1. The molecule has 1 fully saturated rings. The Morgan fingerprint density at radius 3 is 2.62 bits per heavy atom. The second-order valence-electron chi connectivity index (χ2n) is 5.03. The summed E-state index contributed by atoms with van der Waals surface area (Å²) >= 11 is 0. The number of nitrogens with two attached hydrogens (primary N) is 1. The fourth-order valence-corrected chi connectivity index (χ4v) is 3.70. The SMILES string of the molecule is Cc1cc(N)ccc1S(=O)(=O)NC1CCC(=O)N(C)C1=O. The molecular formula is C13H17N3O4S. The zero-order valence-electron chi connectivity index (χ0n) is 11.8. The number of sulfonamides is 1. The number of piperidine rings is 1. The van der Waals surface area contributed by atoms with Crippen molar-refractivity contribution in [2.24, 2.45) is 0 Å². The molecule has 1 aliphatic rings. The summed E-state index contributed by atoms with van der Waals surface area (Å²) in [6.07, 6.45) is 0.297. The fourth-order valence-electron chi connectivity index (χ4n) is 2.25. The van der Waals surface area contributed by atoms with Gasteiger partial charge in [0.25, 0.3) is 0 Å². The normalized spacial score (nSPS) is 19.9. The van der Waals surface area contributed by atoms with Gasteiger partial charge in [0.1, 0.15) is 6.04 Å². The van der Waals surface area contributed by atoms with Crippen LogP contribution in [-0.2, 0) is 19.6 Å². The highest BCUT2D eigenvalue weighted by Crippen LogP contribution is 2.20. The van der Waals surface area contributed by atoms with Crippen LogP contribution in [0.3, 0.4) is 0 Å². The van der Waals surface area contributed by atoms with Crippen molar-refractivity contribution in [1.82, 2.24) is 9.62 Å². The van der Waals surface area contributed by atoms with E-state index in [4.69, 9.17) is 5.73 Å². The standard InChI is InChI=1S/C13H17N3O4S/c1-8-7-9(14)3-5-11(8)21(19,20)15-10-4-6-12(17)16(2)13(10)18/h3,5,7,10,15H,4,6,14H2,1-2H3. The van der Waals surface area contributed by atoms with E-state index in [2.05, 4.69) is 4.72 Å². The molecule has 0 aromatic heterocycles. The third-order valence-corrected chi connectivity index (χ3v) is 5.07. The Morgan fingerprint density at radius 2 is 2.00 bits per heavy atom. The fraction of sp³-hybridized carbons (Fsp3) is 0.385. The minimum absolute atomic E-state index is 0.0732. The van der Waals surface area contributed by atoms with Gasteiger partial charge >= 0.3 is 0 Å². The molecule has 8 heteroatoms. The first-order valence-corrected chi connectivity index (χ1v) is 7.89. The van der Waals surface area contributed by atoms with Crippen LogP contribution in [0.4, 0.5) is 5.69 Å². The lowest BCUT2D eigenvalue weighted by Gasteiger charge is -2.28. The number of nitrogen functional groups attached to an aromatic ring is 1. The van der Waals surface area contributed by atoms with Crippen molar-refractivity contribution in [1.29, 1.82) is 0 Å². The second kappa shape index (κ2) is 5.45. The van der Waals surface area contributed by atoms with Gasteiger partial charge in [0, 0.05) is 19.2 Å². The maximum Gasteiger partial charge on any atom is 0.247 e. The van der Waals surface area contributed by atoms with E-state index in [-0.39, 0.29) is 23.6 Å². The molecule has 1 aromatic carbocycles. The molecule has 1 unspecified atom stereocenters. The number of likely N-dealkylation sites (tertiary alicyclic amines) is 1. The summed E-state index contributed by atoms with van der Waals surface area (Å²) in [6, 6.07) is 3.51. The molecule has 1 heterocycles. The van der Waals surface area contributed by atoms with Crippen LogP contribution in [0.2, 0.25) is 0 Å². The number of carbonyl (C=O) groups is 2. The molecule has 1 saturated heterocycles. The lowest BCUT2D eigenvalue weighted by Crippen LogP contribution is -2.52. The number of likely N-dealkylation sites (N-methyl/N-ethyl adjacent to an activating group) is 1. The van der Waals surface area contributed by atoms with E-state index in [0.29, 0.717) is 11.3 Å². The Bertz CT molecular complexity index is 699. The average molecular weight is 311 g/mol. The van der Waals surface area contributed by atoms with E-state index in [1.54, 1.807) is 13.0 Å². The van der Waals surface area contributed by atoms with Crippen LogP contribution in [0.5, 0.6) is 0 Å². The topological polar surface area (TPSA) is 110 Å². The Hall–Kier alpha value is -1.93. The maximum absolute atomic E-state index is 12.4. The molecule has 114 valence electrons. The molecule has 2 amide bonds. The van der Waals surface area contributed by atoms with Gasteiger partial charge in [-0.1, -0.05) is 0 Å². The number of anilines is 1. The number of hydrogen-bond donors (Lipinski definition) is 2. The monoisotopic (exact) mass is 311 g/mol. The summed E-state index contributed by atoms with van der Waals surface area (Å²) in [5, 5.41) is 0. The van der Waals surface area contributed by atoms with Gasteiger partial charge in [0.15, 0.2) is 0 Å². The molecule has 0 saturated carbocycles. The smallest absolute Gasteiger partial charge is 0.247 e. The minimum atomic E-state index is -3.85. The van der Waals surface area contributed by atoms with Gasteiger partial charge < -0.3 is 5.73 Å². The summed E-state index contributed by atoms with van der Waals surface area (Å²) in [5.41, 5.74) is 6.56. The van der Waals surface area contributed by atoms with Gasteiger partial charge in [-0.15, -0.1) is 0 Å². The van der Waals surface area contributed by atoms with Crippen LogP contribution >= 0.6 is 0 Å². The van der Waals surface area contributed by atoms with Gasteiger partial charge in [0.05, 0.1) is 4.90 Å². The van der Waals surface area contributed by atoms with E-state index in [0.717, 1.165) is 4.90 Å². The van der Waals surface area contributed by atoms with E-state index >= 15 is 0 Å². The quantitative estimate of drug-likeness (QED) is 0.603. The van der Waals surface area contributed by atoms with Crippen LogP contribution in [0.25, 0.3) is 0 Å². The summed E-state index contributed by atoms with van der Waals surface area (Å²) < 4.78 is 27.1. The Balaban J connectivity index is 2.25. The van der Waals surface area contributed by atoms with Crippen molar-refractivity contribution in [2.45, 2.75) is 30.7 Å². The number of rotatable bonds is 3. The first-order valence-electron chi connectivity index (χ1n) is 6.41. The van der Waals surface area contributed by atoms with Crippen LogP contribution in [-0.4, -0.2) is 38.2 Å². The molecule has 1 atom stereocenters. The number of benzene rings is 1. The highest BCUT2D eigenvalue weighted by atomic mass is 32.2. The summed E-state index contributed by atoms with van der Waals surface area (Å²) in [4.78, 5) is 24.4. The first kappa shape index (κ1) is 15.5. The van der Waals surface area contributed by atoms with Crippen LogP contribution in [0.15, 0.2) is 23.1 Å². The van der Waals surface area contributed by atoms with Crippen LogP contribution in [0.1, 0.15) is 18.4 Å². The van der Waals surface area contributed by atoms with Crippen LogP contribution < -0.4 is 10.5 Å². The third kappa shape index (κ3) is 3.06. The molecule has 7 nitrogen and oxygen atoms in total. The van der Waals surface area contributed by atoms with Crippen molar-refractivity contribution in [3.63, 3.8) is 0 Å². The van der Waals surface area contributed by atoms with E-state index in [1.165, 1.54) is 19.2 Å². The lowest BCUT2D eigenvalue weighted by molar-refractivity contribution is -0.147.